The fourth-order valence-corrected chi connectivity index (χ4v) is 3.65. The van der Waals surface area contributed by atoms with Crippen molar-refractivity contribution >= 4 is 15.7 Å². The molecule has 2 rings (SSSR count). The van der Waals surface area contributed by atoms with Crippen LogP contribution in [0.15, 0.2) is 24.3 Å². The average molecular weight is 254 g/mol. The molecule has 1 heterocycles. The zero-order chi connectivity index (χ0) is 12.3. The quantitative estimate of drug-likeness (QED) is 0.817. The van der Waals surface area contributed by atoms with Gasteiger partial charge in [-0.15, -0.1) is 0 Å². The lowest BCUT2D eigenvalue weighted by Gasteiger charge is -2.28. The number of aryl methyl sites for hydroxylation is 1. The molecule has 1 aliphatic rings. The smallest absolute Gasteiger partial charge is 0.235 e. The molecule has 1 fully saturated rings. The Bertz CT molecular complexity index is 485. The molecule has 1 aliphatic heterocycles. The van der Waals surface area contributed by atoms with Crippen molar-refractivity contribution in [3.05, 3.63) is 29.8 Å². The summed E-state index contributed by atoms with van der Waals surface area (Å²) in [5.41, 5.74) is 1.80. The molecule has 0 atom stereocenters. The Morgan fingerprint density at radius 1 is 1.24 bits per heavy atom. The molecule has 1 saturated heterocycles. The summed E-state index contributed by atoms with van der Waals surface area (Å²) in [6.07, 6.45) is 0.671. The van der Waals surface area contributed by atoms with Crippen LogP contribution in [0, 0.1) is 6.92 Å². The number of hydrogen-bond donors (Lipinski definition) is 1. The zero-order valence-corrected chi connectivity index (χ0v) is 10.8. The summed E-state index contributed by atoms with van der Waals surface area (Å²) >= 11 is 0. The van der Waals surface area contributed by atoms with Crippen LogP contribution in [0.4, 0.5) is 5.69 Å². The number of rotatable bonds is 1. The van der Waals surface area contributed by atoms with Gasteiger partial charge in [-0.1, -0.05) is 18.2 Å². The molecule has 0 amide bonds. The van der Waals surface area contributed by atoms with Crippen LogP contribution in [0.1, 0.15) is 12.0 Å². The molecule has 1 aromatic rings. The van der Waals surface area contributed by atoms with Gasteiger partial charge >= 0.3 is 0 Å². The van der Waals surface area contributed by atoms with Crippen molar-refractivity contribution in [3.8, 4) is 0 Å². The number of anilines is 1. The van der Waals surface area contributed by atoms with Crippen molar-refractivity contribution in [2.45, 2.75) is 13.3 Å². The fraction of sp³-hybridized carbons (Fsp3) is 0.500. The molecule has 0 saturated carbocycles. The normalized spacial score (nSPS) is 20.6. The predicted molar refractivity (Wildman–Crippen MR) is 69.8 cm³/mol. The number of nitrogens with one attached hydrogen (secondary N) is 1. The first-order valence-electron chi connectivity index (χ1n) is 5.88. The molecule has 0 unspecified atom stereocenters. The second-order valence-corrected chi connectivity index (χ2v) is 6.29. The minimum Gasteiger partial charge on any atom is -0.315 e. The standard InChI is InChI=1S/C12H18N2O2S/c1-11-5-2-3-6-12(11)14-9-8-13-7-4-10-17(14,15)16/h2-3,5-6,13H,4,7-10H2,1H3. The Morgan fingerprint density at radius 2 is 2.00 bits per heavy atom. The molecule has 0 radical (unpaired) electrons. The number of hydrogen-bond acceptors (Lipinski definition) is 3. The molecule has 94 valence electrons. The van der Waals surface area contributed by atoms with Crippen LogP contribution in [0.25, 0.3) is 0 Å². The van der Waals surface area contributed by atoms with Crippen molar-refractivity contribution in [1.29, 1.82) is 0 Å². The number of para-hydroxylation sites is 1. The van der Waals surface area contributed by atoms with Crippen LogP contribution in [-0.2, 0) is 10.0 Å². The Labute approximate surface area is 103 Å². The first-order valence-corrected chi connectivity index (χ1v) is 7.49. The minimum absolute atomic E-state index is 0.217. The largest absolute Gasteiger partial charge is 0.315 e. The zero-order valence-electron chi connectivity index (χ0n) is 10.0. The van der Waals surface area contributed by atoms with E-state index < -0.39 is 10.0 Å². The van der Waals surface area contributed by atoms with Crippen molar-refractivity contribution in [1.82, 2.24) is 5.32 Å². The lowest BCUT2D eigenvalue weighted by Crippen LogP contribution is -2.42. The third-order valence-corrected chi connectivity index (χ3v) is 4.82. The molecular formula is C12H18N2O2S. The minimum atomic E-state index is -3.17. The van der Waals surface area contributed by atoms with Crippen LogP contribution in [0.5, 0.6) is 0 Å². The maximum absolute atomic E-state index is 12.2. The van der Waals surface area contributed by atoms with Crippen LogP contribution in [-0.4, -0.2) is 33.8 Å². The van der Waals surface area contributed by atoms with Crippen LogP contribution in [0.2, 0.25) is 0 Å². The van der Waals surface area contributed by atoms with E-state index in [1.54, 1.807) is 0 Å². The second kappa shape index (κ2) is 5.06. The van der Waals surface area contributed by atoms with Crippen LogP contribution < -0.4 is 9.62 Å². The number of sulfonamides is 1. The highest BCUT2D eigenvalue weighted by atomic mass is 32.2. The molecule has 0 spiro atoms. The van der Waals surface area contributed by atoms with Gasteiger partial charge in [-0.3, -0.25) is 4.31 Å². The summed E-state index contributed by atoms with van der Waals surface area (Å²) in [7, 11) is -3.17. The predicted octanol–water partition coefficient (Wildman–Crippen LogP) is 1.12. The van der Waals surface area contributed by atoms with Crippen molar-refractivity contribution in [2.75, 3.05) is 29.7 Å². The van der Waals surface area contributed by atoms with E-state index in [0.717, 1.165) is 17.8 Å². The molecule has 0 aliphatic carbocycles. The Kier molecular flexibility index (Phi) is 3.69. The molecule has 17 heavy (non-hydrogen) atoms. The van der Waals surface area contributed by atoms with E-state index in [2.05, 4.69) is 5.32 Å². The highest BCUT2D eigenvalue weighted by Crippen LogP contribution is 2.23. The van der Waals surface area contributed by atoms with E-state index >= 15 is 0 Å². The number of nitrogens with zero attached hydrogens (tertiary/aromatic N) is 1. The second-order valence-electron chi connectivity index (χ2n) is 4.28. The summed E-state index contributed by atoms with van der Waals surface area (Å²) < 4.78 is 25.9. The van der Waals surface area contributed by atoms with E-state index in [1.807, 2.05) is 31.2 Å². The molecule has 5 heteroatoms. The molecular weight excluding hydrogens is 236 g/mol. The van der Waals surface area contributed by atoms with Crippen molar-refractivity contribution in [2.24, 2.45) is 0 Å². The van der Waals surface area contributed by atoms with Gasteiger partial charge in [-0.05, 0) is 31.5 Å². The topological polar surface area (TPSA) is 49.4 Å². The molecule has 0 bridgehead atoms. The van der Waals surface area contributed by atoms with Gasteiger partial charge in [0.05, 0.1) is 11.4 Å². The first kappa shape index (κ1) is 12.4. The van der Waals surface area contributed by atoms with Gasteiger partial charge in [-0.2, -0.15) is 0 Å². The van der Waals surface area contributed by atoms with Gasteiger partial charge < -0.3 is 5.32 Å². The maximum Gasteiger partial charge on any atom is 0.235 e. The Hall–Kier alpha value is -1.07. The highest BCUT2D eigenvalue weighted by molar-refractivity contribution is 7.92. The summed E-state index contributed by atoms with van der Waals surface area (Å²) in [6.45, 7) is 3.93. The Balaban J connectivity index is 2.36. The van der Waals surface area contributed by atoms with E-state index in [4.69, 9.17) is 0 Å². The first-order chi connectivity index (χ1) is 8.11. The maximum atomic E-state index is 12.2. The van der Waals surface area contributed by atoms with Crippen molar-refractivity contribution in [3.63, 3.8) is 0 Å². The van der Waals surface area contributed by atoms with Gasteiger partial charge in [-0.25, -0.2) is 8.42 Å². The summed E-state index contributed by atoms with van der Waals surface area (Å²) in [6, 6.07) is 7.61. The molecule has 1 aromatic carbocycles. The molecule has 1 N–H and O–H groups in total. The average Bonchev–Trinajstić information content (AvgIpc) is 2.27. The van der Waals surface area contributed by atoms with Crippen molar-refractivity contribution < 1.29 is 8.42 Å². The van der Waals surface area contributed by atoms with Gasteiger partial charge in [0.25, 0.3) is 0 Å². The number of benzene rings is 1. The fourth-order valence-electron chi connectivity index (χ4n) is 2.05. The van der Waals surface area contributed by atoms with Gasteiger partial charge in [0.15, 0.2) is 0 Å². The monoisotopic (exact) mass is 254 g/mol. The van der Waals surface area contributed by atoms with E-state index in [0.29, 0.717) is 19.5 Å². The van der Waals surface area contributed by atoms with Crippen LogP contribution >= 0.6 is 0 Å². The summed E-state index contributed by atoms with van der Waals surface area (Å²) in [4.78, 5) is 0. The summed E-state index contributed by atoms with van der Waals surface area (Å²) in [5.74, 6) is 0.217. The van der Waals surface area contributed by atoms with Gasteiger partial charge in [0.1, 0.15) is 0 Å². The van der Waals surface area contributed by atoms with Gasteiger partial charge in [0, 0.05) is 13.1 Å². The van der Waals surface area contributed by atoms with E-state index in [1.165, 1.54) is 4.31 Å². The molecule has 0 aromatic heterocycles. The Morgan fingerprint density at radius 3 is 2.76 bits per heavy atom. The third-order valence-electron chi connectivity index (χ3n) is 2.97. The summed E-state index contributed by atoms with van der Waals surface area (Å²) in [5, 5.41) is 3.24. The highest BCUT2D eigenvalue weighted by Gasteiger charge is 2.24. The molecule has 4 nitrogen and oxygen atoms in total. The van der Waals surface area contributed by atoms with Gasteiger partial charge in [0.2, 0.25) is 10.0 Å². The van der Waals surface area contributed by atoms with E-state index in [-0.39, 0.29) is 5.75 Å². The lowest BCUT2D eigenvalue weighted by molar-refractivity contribution is 0.572. The van der Waals surface area contributed by atoms with E-state index in [9.17, 15) is 8.42 Å². The third kappa shape index (κ3) is 2.79. The SMILES string of the molecule is Cc1ccccc1N1CCNCCCS1(=O)=O. The lowest BCUT2D eigenvalue weighted by atomic mass is 10.2. The van der Waals surface area contributed by atoms with Crippen LogP contribution in [0.3, 0.4) is 0 Å².